The van der Waals surface area contributed by atoms with E-state index in [1.807, 2.05) is 30.3 Å². The summed E-state index contributed by atoms with van der Waals surface area (Å²) in [6.07, 6.45) is 0.161. The molecular formula is C29H43N5O7. The van der Waals surface area contributed by atoms with Gasteiger partial charge in [-0.2, -0.15) is 0 Å². The average molecular weight is 574 g/mol. The summed E-state index contributed by atoms with van der Waals surface area (Å²) in [5, 5.41) is 5.30. The number of carbonyl (C=O) groups excluding carboxylic acids is 7. The molecule has 0 aliphatic heterocycles. The van der Waals surface area contributed by atoms with Crippen LogP contribution >= 0.6 is 0 Å². The maximum Gasteiger partial charge on any atom is 0.224 e. The fraction of sp³-hybridized carbons (Fsp3) is 0.552. The first-order valence-electron chi connectivity index (χ1n) is 13.8. The van der Waals surface area contributed by atoms with E-state index in [2.05, 4.69) is 10.6 Å². The van der Waals surface area contributed by atoms with Crippen molar-refractivity contribution < 1.29 is 33.6 Å². The predicted molar refractivity (Wildman–Crippen MR) is 152 cm³/mol. The molecule has 0 radical (unpaired) electrons. The van der Waals surface area contributed by atoms with Gasteiger partial charge in [0.15, 0.2) is 11.6 Å². The van der Waals surface area contributed by atoms with Crippen molar-refractivity contribution in [3.8, 4) is 0 Å². The van der Waals surface area contributed by atoms with Crippen LogP contribution in [0.3, 0.4) is 0 Å². The van der Waals surface area contributed by atoms with Gasteiger partial charge in [-0.15, -0.1) is 0 Å². The second kappa shape index (κ2) is 18.4. The topological polar surface area (TPSA) is 222 Å². The lowest BCUT2D eigenvalue weighted by atomic mass is 9.90. The quantitative estimate of drug-likeness (QED) is 0.137. The van der Waals surface area contributed by atoms with Crippen molar-refractivity contribution in [3.63, 3.8) is 0 Å². The molecule has 0 saturated carbocycles. The molecule has 0 spiro atoms. The van der Waals surface area contributed by atoms with Gasteiger partial charge in [-0.1, -0.05) is 30.3 Å². The molecule has 12 nitrogen and oxygen atoms in total. The Morgan fingerprint density at radius 2 is 1.29 bits per heavy atom. The van der Waals surface area contributed by atoms with E-state index in [1.165, 1.54) is 13.8 Å². The summed E-state index contributed by atoms with van der Waals surface area (Å²) >= 11 is 0. The first kappa shape index (κ1) is 35.1. The summed E-state index contributed by atoms with van der Waals surface area (Å²) in [5.74, 6) is -5.22. The molecule has 0 heterocycles. The molecule has 1 rings (SSSR count). The zero-order chi connectivity index (χ0) is 30.9. The number of Topliss-reactive ketones (excluding diaryl/α,β-unsaturated/α-hetero) is 3. The molecule has 12 heteroatoms. The van der Waals surface area contributed by atoms with Crippen molar-refractivity contribution >= 4 is 41.0 Å². The lowest BCUT2D eigenvalue weighted by Crippen LogP contribution is -2.47. The molecule has 0 aliphatic rings. The Hall–Kier alpha value is -3.93. The molecule has 4 amide bonds. The normalized spacial score (nSPS) is 13.7. The molecule has 8 N–H and O–H groups in total. The molecule has 0 fully saturated rings. The van der Waals surface area contributed by atoms with E-state index in [1.54, 1.807) is 0 Å². The Kier molecular flexibility index (Phi) is 15.8. The second-order valence-corrected chi connectivity index (χ2v) is 10.3. The fourth-order valence-corrected chi connectivity index (χ4v) is 4.41. The van der Waals surface area contributed by atoms with E-state index >= 15 is 0 Å². The number of rotatable bonds is 21. The number of carbonyl (C=O) groups is 7. The van der Waals surface area contributed by atoms with E-state index in [0.29, 0.717) is 12.8 Å². The summed E-state index contributed by atoms with van der Waals surface area (Å²) in [5.41, 5.74) is 16.9. The largest absolute Gasteiger partial charge is 0.370 e. The smallest absolute Gasteiger partial charge is 0.224 e. The number of benzene rings is 1. The van der Waals surface area contributed by atoms with Gasteiger partial charge >= 0.3 is 0 Å². The summed E-state index contributed by atoms with van der Waals surface area (Å²) in [4.78, 5) is 86.4. The molecule has 0 aromatic heterocycles. The third kappa shape index (κ3) is 14.3. The summed E-state index contributed by atoms with van der Waals surface area (Å²) in [7, 11) is 0. The molecular weight excluding hydrogens is 530 g/mol. The minimum atomic E-state index is -1.03. The average Bonchev–Trinajstić information content (AvgIpc) is 2.90. The Balaban J connectivity index is 3.11. The molecule has 1 aromatic rings. The van der Waals surface area contributed by atoms with Gasteiger partial charge in [0.2, 0.25) is 23.6 Å². The number of hydrogen-bond acceptors (Lipinski definition) is 8. The third-order valence-corrected chi connectivity index (χ3v) is 6.68. The van der Waals surface area contributed by atoms with Gasteiger partial charge in [0.05, 0.1) is 12.1 Å². The van der Waals surface area contributed by atoms with E-state index in [9.17, 15) is 33.6 Å². The maximum atomic E-state index is 13.4. The Labute approximate surface area is 240 Å². The minimum absolute atomic E-state index is 0.0129. The van der Waals surface area contributed by atoms with Gasteiger partial charge in [0.25, 0.3) is 0 Å². The number of amides is 4. The van der Waals surface area contributed by atoms with Crippen LogP contribution in [0.1, 0.15) is 70.8 Å². The van der Waals surface area contributed by atoms with Gasteiger partial charge in [-0.05, 0) is 58.1 Å². The highest BCUT2D eigenvalue weighted by atomic mass is 16.2. The molecule has 0 saturated heterocycles. The zero-order valence-corrected chi connectivity index (χ0v) is 23.9. The second-order valence-electron chi connectivity index (χ2n) is 10.3. The molecule has 1 aromatic carbocycles. The molecule has 0 bridgehead atoms. The number of ketones is 3. The van der Waals surface area contributed by atoms with Crippen molar-refractivity contribution in [1.82, 2.24) is 10.6 Å². The van der Waals surface area contributed by atoms with Crippen LogP contribution in [0.15, 0.2) is 30.3 Å². The van der Waals surface area contributed by atoms with Crippen LogP contribution < -0.4 is 27.8 Å². The van der Waals surface area contributed by atoms with Gasteiger partial charge in [0.1, 0.15) is 5.78 Å². The highest BCUT2D eigenvalue weighted by Crippen LogP contribution is 2.18. The number of primary amides is 2. The number of nitrogens with one attached hydrogen (secondary N) is 2. The van der Waals surface area contributed by atoms with Crippen LogP contribution in [0.4, 0.5) is 0 Å². The van der Waals surface area contributed by atoms with E-state index < -0.39 is 59.1 Å². The predicted octanol–water partition coefficient (Wildman–Crippen LogP) is 0.228. The SMILES string of the molecule is CC(=O)C[C@@H](Cc1ccccc1)C(=O)N[C@@H](CCCN)C(=O)C[C@@H](CCC(N)=O)C(=O)N[C@@H](CCC(N)=O)C(C)=O. The Morgan fingerprint density at radius 1 is 0.732 bits per heavy atom. The van der Waals surface area contributed by atoms with Crippen LogP contribution in [0.25, 0.3) is 0 Å². The van der Waals surface area contributed by atoms with Gasteiger partial charge in [-0.3, -0.25) is 28.8 Å². The molecule has 0 aliphatic carbocycles. The summed E-state index contributed by atoms with van der Waals surface area (Å²) in [6, 6.07) is 7.19. The summed E-state index contributed by atoms with van der Waals surface area (Å²) < 4.78 is 0. The first-order chi connectivity index (χ1) is 19.3. The highest BCUT2D eigenvalue weighted by Gasteiger charge is 2.31. The Bertz CT molecular complexity index is 1080. The van der Waals surface area contributed by atoms with Crippen molar-refractivity contribution in [2.24, 2.45) is 29.0 Å². The van der Waals surface area contributed by atoms with E-state index in [4.69, 9.17) is 17.2 Å². The van der Waals surface area contributed by atoms with Crippen LogP contribution in [0.2, 0.25) is 0 Å². The standard InChI is InChI=1S/C29H43N5O7/c1-18(35)15-22(16-20-7-4-3-5-8-20)29(41)34-24(9-6-14-30)25(37)17-21(10-12-26(31)38)28(40)33-23(19(2)36)11-13-27(32)39/h3-5,7-8,21-24H,6,9-17,30H2,1-2H3,(H2,31,38)(H2,32,39)(H,33,40)(H,34,41)/t21-,22+,23+,24+/m1/s1. The number of hydrogen-bond donors (Lipinski definition) is 5. The van der Waals surface area contributed by atoms with Crippen LogP contribution in [-0.2, 0) is 40.0 Å². The van der Waals surface area contributed by atoms with Gasteiger partial charge in [0, 0.05) is 37.5 Å². The minimum Gasteiger partial charge on any atom is -0.370 e. The lowest BCUT2D eigenvalue weighted by molar-refractivity contribution is -0.135. The van der Waals surface area contributed by atoms with Crippen molar-refractivity contribution in [3.05, 3.63) is 35.9 Å². The molecule has 4 atom stereocenters. The van der Waals surface area contributed by atoms with Crippen LogP contribution in [0.5, 0.6) is 0 Å². The highest BCUT2D eigenvalue weighted by molar-refractivity contribution is 5.95. The van der Waals surface area contributed by atoms with Crippen molar-refractivity contribution in [2.45, 2.75) is 83.7 Å². The number of nitrogens with two attached hydrogens (primary N) is 3. The third-order valence-electron chi connectivity index (χ3n) is 6.68. The zero-order valence-electron chi connectivity index (χ0n) is 23.9. The molecule has 226 valence electrons. The van der Waals surface area contributed by atoms with Gasteiger partial charge < -0.3 is 32.6 Å². The fourth-order valence-electron chi connectivity index (χ4n) is 4.41. The monoisotopic (exact) mass is 573 g/mol. The van der Waals surface area contributed by atoms with Crippen LogP contribution in [0, 0.1) is 11.8 Å². The van der Waals surface area contributed by atoms with Crippen molar-refractivity contribution in [2.75, 3.05) is 6.54 Å². The first-order valence-corrected chi connectivity index (χ1v) is 13.8. The molecule has 41 heavy (non-hydrogen) atoms. The van der Waals surface area contributed by atoms with Gasteiger partial charge in [-0.25, -0.2) is 0 Å². The molecule has 0 unspecified atom stereocenters. The maximum absolute atomic E-state index is 13.4. The lowest BCUT2D eigenvalue weighted by Gasteiger charge is -2.24. The Morgan fingerprint density at radius 3 is 1.83 bits per heavy atom. The van der Waals surface area contributed by atoms with Crippen LogP contribution in [-0.4, -0.2) is 59.6 Å². The van der Waals surface area contributed by atoms with E-state index in [0.717, 1.165) is 5.56 Å². The van der Waals surface area contributed by atoms with Crippen molar-refractivity contribution in [1.29, 1.82) is 0 Å². The summed E-state index contributed by atoms with van der Waals surface area (Å²) in [6.45, 7) is 2.90. The van der Waals surface area contributed by atoms with E-state index in [-0.39, 0.29) is 57.3 Å².